The highest BCUT2D eigenvalue weighted by Gasteiger charge is 2.45. The molecule has 0 saturated carbocycles. The summed E-state index contributed by atoms with van der Waals surface area (Å²) in [4.78, 5) is 27.7. The second kappa shape index (κ2) is 10.5. The lowest BCUT2D eigenvalue weighted by Crippen LogP contribution is -2.31. The number of hydrogen-bond acceptors (Lipinski definition) is 6. The monoisotopic (exact) mass is 491 g/mol. The molecule has 3 aromatic carbocycles. The number of carbonyl (C=O) groups is 2. The van der Waals surface area contributed by atoms with Crippen molar-refractivity contribution in [3.8, 4) is 17.2 Å². The van der Waals surface area contributed by atoms with Crippen LogP contribution in [-0.4, -0.2) is 49.6 Å². The summed E-state index contributed by atoms with van der Waals surface area (Å²) in [6, 6.07) is 16.6. The van der Waals surface area contributed by atoms with Crippen molar-refractivity contribution in [2.45, 2.75) is 12.5 Å². The molecule has 0 spiro atoms. The molecule has 0 bridgehead atoms. The Bertz CT molecular complexity index is 1320. The lowest BCUT2D eigenvalue weighted by Gasteiger charge is -2.25. The van der Waals surface area contributed by atoms with Crippen molar-refractivity contribution in [2.24, 2.45) is 0 Å². The van der Waals surface area contributed by atoms with Crippen LogP contribution in [0.25, 0.3) is 5.76 Å². The summed E-state index contributed by atoms with van der Waals surface area (Å²) in [7, 11) is 4.57. The fraction of sp³-hybridized carbons (Fsp3) is 0.214. The van der Waals surface area contributed by atoms with Gasteiger partial charge in [0.1, 0.15) is 17.3 Å². The molecule has 186 valence electrons. The van der Waals surface area contributed by atoms with Crippen molar-refractivity contribution < 1.29 is 33.3 Å². The quantitative estimate of drug-likeness (QED) is 0.283. The second-order valence-corrected chi connectivity index (χ2v) is 8.22. The van der Waals surface area contributed by atoms with E-state index in [2.05, 4.69) is 0 Å². The maximum Gasteiger partial charge on any atom is 0.295 e. The number of aliphatic hydroxyl groups excluding tert-OH is 1. The predicted octanol–water partition coefficient (Wildman–Crippen LogP) is 4.52. The van der Waals surface area contributed by atoms with Gasteiger partial charge in [-0.25, -0.2) is 4.39 Å². The van der Waals surface area contributed by atoms with Gasteiger partial charge in [-0.2, -0.15) is 0 Å². The van der Waals surface area contributed by atoms with Crippen molar-refractivity contribution in [3.05, 3.63) is 94.8 Å². The zero-order valence-electron chi connectivity index (χ0n) is 20.2. The van der Waals surface area contributed by atoms with Gasteiger partial charge in [0.05, 0.1) is 32.9 Å². The molecule has 1 fully saturated rings. The van der Waals surface area contributed by atoms with Gasteiger partial charge in [-0.05, 0) is 53.9 Å². The number of ether oxygens (including phenoxy) is 3. The van der Waals surface area contributed by atoms with Crippen LogP contribution in [0, 0.1) is 5.82 Å². The molecular weight excluding hydrogens is 465 g/mol. The Hall–Kier alpha value is -4.33. The molecule has 36 heavy (non-hydrogen) atoms. The van der Waals surface area contributed by atoms with Crippen LogP contribution in [-0.2, 0) is 16.0 Å². The first kappa shape index (κ1) is 24.8. The molecule has 3 aromatic rings. The number of aliphatic hydroxyl groups is 1. The van der Waals surface area contributed by atoms with E-state index in [9.17, 15) is 19.1 Å². The van der Waals surface area contributed by atoms with Gasteiger partial charge in [0.2, 0.25) is 0 Å². The van der Waals surface area contributed by atoms with Crippen LogP contribution >= 0.6 is 0 Å². The van der Waals surface area contributed by atoms with Crippen LogP contribution in [0.2, 0.25) is 0 Å². The molecule has 8 heteroatoms. The Morgan fingerprint density at radius 1 is 0.917 bits per heavy atom. The number of amides is 1. The zero-order chi connectivity index (χ0) is 25.8. The van der Waals surface area contributed by atoms with Gasteiger partial charge in [-0.3, -0.25) is 9.59 Å². The third-order valence-corrected chi connectivity index (χ3v) is 6.16. The highest BCUT2D eigenvalue weighted by atomic mass is 19.1. The number of benzene rings is 3. The van der Waals surface area contributed by atoms with Gasteiger partial charge in [0.25, 0.3) is 11.7 Å². The molecule has 7 nitrogen and oxygen atoms in total. The van der Waals surface area contributed by atoms with E-state index in [4.69, 9.17) is 14.2 Å². The van der Waals surface area contributed by atoms with Crippen LogP contribution in [0.15, 0.2) is 72.3 Å². The van der Waals surface area contributed by atoms with Crippen LogP contribution in [0.3, 0.4) is 0 Å². The number of carbonyl (C=O) groups excluding carboxylic acids is 2. The number of Topliss-reactive ketones (excluding diaryl/α,β-unsaturated/α-hetero) is 1. The van der Waals surface area contributed by atoms with Gasteiger partial charge in [0.15, 0.2) is 11.5 Å². The van der Waals surface area contributed by atoms with Crippen LogP contribution in [0.4, 0.5) is 4.39 Å². The van der Waals surface area contributed by atoms with E-state index >= 15 is 0 Å². The molecule has 1 heterocycles. The SMILES string of the molecule is COc1cccc(/C(O)=C2/C(=O)C(=O)N(CCc3ccc(OC)c(OC)c3)C2c2ccc(F)cc2)c1. The molecule has 1 aliphatic heterocycles. The Labute approximate surface area is 208 Å². The van der Waals surface area contributed by atoms with Crippen LogP contribution < -0.4 is 14.2 Å². The van der Waals surface area contributed by atoms with Crippen LogP contribution in [0.1, 0.15) is 22.7 Å². The number of methoxy groups -OCH3 is 3. The van der Waals surface area contributed by atoms with Gasteiger partial charge in [-0.1, -0.05) is 30.3 Å². The summed E-state index contributed by atoms with van der Waals surface area (Å²) in [5.74, 6) is -0.716. The summed E-state index contributed by atoms with van der Waals surface area (Å²) in [6.45, 7) is 0.178. The van der Waals surface area contributed by atoms with E-state index in [1.807, 2.05) is 6.07 Å². The van der Waals surface area contributed by atoms with Crippen molar-refractivity contribution >= 4 is 17.4 Å². The molecule has 0 aromatic heterocycles. The number of ketones is 1. The number of rotatable bonds is 8. The molecule has 0 radical (unpaired) electrons. The zero-order valence-corrected chi connectivity index (χ0v) is 20.2. The van der Waals surface area contributed by atoms with Gasteiger partial charge < -0.3 is 24.2 Å². The van der Waals surface area contributed by atoms with Gasteiger partial charge >= 0.3 is 0 Å². The van der Waals surface area contributed by atoms with Crippen molar-refractivity contribution in [1.82, 2.24) is 4.90 Å². The van der Waals surface area contributed by atoms with E-state index in [1.54, 1.807) is 43.5 Å². The maximum atomic E-state index is 13.7. The van der Waals surface area contributed by atoms with Gasteiger partial charge in [-0.15, -0.1) is 0 Å². The predicted molar refractivity (Wildman–Crippen MR) is 132 cm³/mol. The Morgan fingerprint density at radius 2 is 1.64 bits per heavy atom. The lowest BCUT2D eigenvalue weighted by atomic mass is 9.95. The Balaban J connectivity index is 1.75. The summed E-state index contributed by atoms with van der Waals surface area (Å²) >= 11 is 0. The first-order valence-electron chi connectivity index (χ1n) is 11.3. The molecule has 1 N–H and O–H groups in total. The average molecular weight is 492 g/mol. The molecule has 4 rings (SSSR count). The maximum absolute atomic E-state index is 13.7. The van der Waals surface area contributed by atoms with Crippen molar-refractivity contribution in [1.29, 1.82) is 0 Å². The Morgan fingerprint density at radius 3 is 2.31 bits per heavy atom. The number of halogens is 1. The topological polar surface area (TPSA) is 85.3 Å². The fourth-order valence-corrected chi connectivity index (χ4v) is 4.31. The smallest absolute Gasteiger partial charge is 0.295 e. The summed E-state index contributed by atoms with van der Waals surface area (Å²) in [5.41, 5.74) is 1.64. The molecule has 1 amide bonds. The second-order valence-electron chi connectivity index (χ2n) is 8.22. The fourth-order valence-electron chi connectivity index (χ4n) is 4.31. The molecule has 1 saturated heterocycles. The third kappa shape index (κ3) is 4.75. The largest absolute Gasteiger partial charge is 0.507 e. The highest BCUT2D eigenvalue weighted by Crippen LogP contribution is 2.40. The van der Waals surface area contributed by atoms with Crippen LogP contribution in [0.5, 0.6) is 17.2 Å². The van der Waals surface area contributed by atoms with Crippen molar-refractivity contribution in [3.63, 3.8) is 0 Å². The lowest BCUT2D eigenvalue weighted by molar-refractivity contribution is -0.139. The molecule has 1 aliphatic rings. The van der Waals surface area contributed by atoms with E-state index in [-0.39, 0.29) is 17.9 Å². The normalized spacial score (nSPS) is 16.8. The number of likely N-dealkylation sites (tertiary alicyclic amines) is 1. The highest BCUT2D eigenvalue weighted by molar-refractivity contribution is 6.46. The minimum atomic E-state index is -0.892. The van der Waals surface area contributed by atoms with E-state index in [1.165, 1.54) is 43.4 Å². The standard InChI is InChI=1S/C28H26FNO6/c1-34-21-6-4-5-19(16-21)26(31)24-25(18-8-10-20(29)11-9-18)30(28(33)27(24)32)14-13-17-7-12-22(35-2)23(15-17)36-3/h4-12,15-16,25,31H,13-14H2,1-3H3/b26-24-. The average Bonchev–Trinajstić information content (AvgIpc) is 3.16. The summed E-state index contributed by atoms with van der Waals surface area (Å²) in [6.07, 6.45) is 0.407. The minimum absolute atomic E-state index is 0.0628. The third-order valence-electron chi connectivity index (χ3n) is 6.16. The molecule has 0 aliphatic carbocycles. The van der Waals surface area contributed by atoms with E-state index in [0.717, 1.165) is 5.56 Å². The van der Waals surface area contributed by atoms with E-state index in [0.29, 0.717) is 34.8 Å². The summed E-state index contributed by atoms with van der Waals surface area (Å²) in [5, 5.41) is 11.2. The van der Waals surface area contributed by atoms with E-state index < -0.39 is 23.5 Å². The summed E-state index contributed by atoms with van der Waals surface area (Å²) < 4.78 is 29.5. The molecule has 1 unspecified atom stereocenters. The first-order chi connectivity index (χ1) is 17.4. The Kier molecular flexibility index (Phi) is 7.24. The number of nitrogens with zero attached hydrogens (tertiary/aromatic N) is 1. The van der Waals surface area contributed by atoms with Gasteiger partial charge in [0, 0.05) is 12.1 Å². The first-order valence-corrected chi connectivity index (χ1v) is 11.3. The number of hydrogen-bond donors (Lipinski definition) is 1. The molecular formula is C28H26FNO6. The van der Waals surface area contributed by atoms with Crippen molar-refractivity contribution in [2.75, 3.05) is 27.9 Å². The molecule has 1 atom stereocenters. The minimum Gasteiger partial charge on any atom is -0.507 e.